The van der Waals surface area contributed by atoms with Crippen molar-refractivity contribution in [3.05, 3.63) is 0 Å². The summed E-state index contributed by atoms with van der Waals surface area (Å²) in [5.74, 6) is -1.06. The monoisotopic (exact) mass is 170 g/mol. The summed E-state index contributed by atoms with van der Waals surface area (Å²) in [5.41, 5.74) is 0. The quantitative estimate of drug-likeness (QED) is 0.697. The van der Waals surface area contributed by atoms with Gasteiger partial charge < -0.3 is 5.11 Å². The molecule has 0 saturated heterocycles. The van der Waals surface area contributed by atoms with E-state index >= 15 is 0 Å². The molecular weight excluding hydrogens is 156 g/mol. The number of carbonyl (C=O) groups excluding carboxylic acids is 1. The maximum absolute atomic E-state index is 11.2. The van der Waals surface area contributed by atoms with Gasteiger partial charge in [0.25, 0.3) is 0 Å². The number of hydrogen-bond acceptors (Lipinski definition) is 2. The first-order valence-corrected chi connectivity index (χ1v) is 4.40. The first-order valence-electron chi connectivity index (χ1n) is 4.40. The van der Waals surface area contributed by atoms with Crippen LogP contribution in [0.2, 0.25) is 0 Å². The minimum absolute atomic E-state index is 0.0242. The molecule has 1 N–H and O–H groups in total. The van der Waals surface area contributed by atoms with E-state index in [9.17, 15) is 9.59 Å². The Hall–Kier alpha value is -0.860. The van der Waals surface area contributed by atoms with E-state index in [1.807, 2.05) is 6.92 Å². The third-order valence-corrected chi connectivity index (χ3v) is 2.46. The topological polar surface area (TPSA) is 54.4 Å². The Kier molecular flexibility index (Phi) is 2.84. The van der Waals surface area contributed by atoms with Crippen molar-refractivity contribution in [3.8, 4) is 0 Å². The Labute approximate surface area is 71.8 Å². The van der Waals surface area contributed by atoms with E-state index in [4.69, 9.17) is 5.11 Å². The average Bonchev–Trinajstić information content (AvgIpc) is 2.34. The van der Waals surface area contributed by atoms with Gasteiger partial charge >= 0.3 is 5.97 Å². The third kappa shape index (κ3) is 1.84. The van der Waals surface area contributed by atoms with Gasteiger partial charge in [-0.05, 0) is 12.8 Å². The second-order valence-corrected chi connectivity index (χ2v) is 3.43. The van der Waals surface area contributed by atoms with Gasteiger partial charge in [-0.25, -0.2) is 0 Å². The summed E-state index contributed by atoms with van der Waals surface area (Å²) >= 11 is 0. The molecule has 0 aromatic rings. The lowest BCUT2D eigenvalue weighted by Crippen LogP contribution is -2.09. The van der Waals surface area contributed by atoms with Gasteiger partial charge in [-0.1, -0.05) is 13.3 Å². The van der Waals surface area contributed by atoms with Crippen LogP contribution in [0.25, 0.3) is 0 Å². The van der Waals surface area contributed by atoms with Gasteiger partial charge in [0.2, 0.25) is 0 Å². The normalized spacial score (nSPS) is 29.2. The summed E-state index contributed by atoms with van der Waals surface area (Å²) in [7, 11) is 0. The van der Waals surface area contributed by atoms with Crippen LogP contribution in [-0.4, -0.2) is 16.9 Å². The summed E-state index contributed by atoms with van der Waals surface area (Å²) in [6.45, 7) is 2.02. The molecule has 68 valence electrons. The van der Waals surface area contributed by atoms with Gasteiger partial charge in [0.1, 0.15) is 5.78 Å². The highest BCUT2D eigenvalue weighted by atomic mass is 16.4. The first-order chi connectivity index (χ1) is 5.65. The van der Waals surface area contributed by atoms with Crippen LogP contribution in [0.5, 0.6) is 0 Å². The van der Waals surface area contributed by atoms with E-state index in [0.717, 1.165) is 12.8 Å². The standard InChI is InChI=1S/C9H14O3/c1-2-3-6-4-7(9(11)12)5-8(6)10/h6-7H,2-5H2,1H3,(H,11,12). The molecule has 3 heteroatoms. The lowest BCUT2D eigenvalue weighted by atomic mass is 10.00. The molecule has 0 heterocycles. The van der Waals surface area contributed by atoms with E-state index < -0.39 is 11.9 Å². The number of carboxylic acid groups (broad SMARTS) is 1. The van der Waals surface area contributed by atoms with Crippen molar-refractivity contribution < 1.29 is 14.7 Å². The maximum Gasteiger partial charge on any atom is 0.306 e. The molecule has 12 heavy (non-hydrogen) atoms. The Morgan fingerprint density at radius 3 is 2.75 bits per heavy atom. The highest BCUT2D eigenvalue weighted by molar-refractivity contribution is 5.89. The van der Waals surface area contributed by atoms with Crippen LogP contribution < -0.4 is 0 Å². The van der Waals surface area contributed by atoms with Gasteiger partial charge in [-0.15, -0.1) is 0 Å². The summed E-state index contributed by atoms with van der Waals surface area (Å²) in [6.07, 6.45) is 2.62. The average molecular weight is 170 g/mol. The Morgan fingerprint density at radius 1 is 1.67 bits per heavy atom. The van der Waals surface area contributed by atoms with Crippen molar-refractivity contribution in [2.75, 3.05) is 0 Å². The Morgan fingerprint density at radius 2 is 2.33 bits per heavy atom. The molecule has 0 aromatic carbocycles. The van der Waals surface area contributed by atoms with Crippen molar-refractivity contribution >= 4 is 11.8 Å². The van der Waals surface area contributed by atoms with Gasteiger partial charge in [0.15, 0.2) is 0 Å². The Balaban J connectivity index is 2.50. The molecule has 1 fully saturated rings. The van der Waals surface area contributed by atoms with E-state index in [1.165, 1.54) is 0 Å². The van der Waals surface area contributed by atoms with Gasteiger partial charge in [-0.3, -0.25) is 9.59 Å². The number of carboxylic acids is 1. The van der Waals surface area contributed by atoms with Crippen molar-refractivity contribution in [1.29, 1.82) is 0 Å². The van der Waals surface area contributed by atoms with Gasteiger partial charge in [-0.2, -0.15) is 0 Å². The smallest absolute Gasteiger partial charge is 0.306 e. The molecule has 0 aromatic heterocycles. The molecule has 2 unspecified atom stereocenters. The van der Waals surface area contributed by atoms with Crippen LogP contribution in [0, 0.1) is 11.8 Å². The zero-order chi connectivity index (χ0) is 9.14. The molecule has 0 amide bonds. The molecule has 0 aliphatic heterocycles. The van der Waals surface area contributed by atoms with Crippen LogP contribution in [0.4, 0.5) is 0 Å². The number of ketones is 1. The van der Waals surface area contributed by atoms with E-state index in [1.54, 1.807) is 0 Å². The fraction of sp³-hybridized carbons (Fsp3) is 0.778. The molecule has 1 rings (SSSR count). The van der Waals surface area contributed by atoms with Crippen LogP contribution in [-0.2, 0) is 9.59 Å². The number of carbonyl (C=O) groups is 2. The lowest BCUT2D eigenvalue weighted by Gasteiger charge is -2.04. The molecule has 1 saturated carbocycles. The summed E-state index contributed by atoms with van der Waals surface area (Å²) in [5, 5.41) is 8.66. The first kappa shape index (κ1) is 9.23. The summed E-state index contributed by atoms with van der Waals surface area (Å²) < 4.78 is 0. The molecule has 1 aliphatic carbocycles. The summed E-state index contributed by atoms with van der Waals surface area (Å²) in [6, 6.07) is 0. The third-order valence-electron chi connectivity index (χ3n) is 2.46. The number of rotatable bonds is 3. The highest BCUT2D eigenvalue weighted by Gasteiger charge is 2.35. The Bertz CT molecular complexity index is 198. The molecule has 0 spiro atoms. The molecule has 2 atom stereocenters. The molecule has 0 radical (unpaired) electrons. The highest BCUT2D eigenvalue weighted by Crippen LogP contribution is 2.30. The van der Waals surface area contributed by atoms with Crippen LogP contribution >= 0.6 is 0 Å². The van der Waals surface area contributed by atoms with Crippen LogP contribution in [0.3, 0.4) is 0 Å². The summed E-state index contributed by atoms with van der Waals surface area (Å²) in [4.78, 5) is 21.8. The number of aliphatic carboxylic acids is 1. The predicted octanol–water partition coefficient (Wildman–Crippen LogP) is 1.47. The SMILES string of the molecule is CCCC1CC(C(=O)O)CC1=O. The molecule has 1 aliphatic rings. The van der Waals surface area contributed by atoms with E-state index in [0.29, 0.717) is 6.42 Å². The van der Waals surface area contributed by atoms with E-state index in [2.05, 4.69) is 0 Å². The second kappa shape index (κ2) is 3.70. The van der Waals surface area contributed by atoms with Gasteiger partial charge in [0.05, 0.1) is 5.92 Å². The zero-order valence-corrected chi connectivity index (χ0v) is 7.25. The zero-order valence-electron chi connectivity index (χ0n) is 7.25. The molecular formula is C9H14O3. The van der Waals surface area contributed by atoms with Gasteiger partial charge in [0, 0.05) is 12.3 Å². The van der Waals surface area contributed by atoms with Crippen LogP contribution in [0.1, 0.15) is 32.6 Å². The minimum Gasteiger partial charge on any atom is -0.481 e. The van der Waals surface area contributed by atoms with Crippen molar-refractivity contribution in [2.45, 2.75) is 32.6 Å². The predicted molar refractivity (Wildman–Crippen MR) is 43.8 cm³/mol. The fourth-order valence-electron chi connectivity index (χ4n) is 1.78. The maximum atomic E-state index is 11.2. The fourth-order valence-corrected chi connectivity index (χ4v) is 1.78. The van der Waals surface area contributed by atoms with E-state index in [-0.39, 0.29) is 18.1 Å². The molecule has 3 nitrogen and oxygen atoms in total. The lowest BCUT2D eigenvalue weighted by molar-refractivity contribution is -0.142. The minimum atomic E-state index is -0.818. The second-order valence-electron chi connectivity index (χ2n) is 3.43. The van der Waals surface area contributed by atoms with Crippen LogP contribution in [0.15, 0.2) is 0 Å². The van der Waals surface area contributed by atoms with Crippen molar-refractivity contribution in [2.24, 2.45) is 11.8 Å². The van der Waals surface area contributed by atoms with Crippen molar-refractivity contribution in [1.82, 2.24) is 0 Å². The van der Waals surface area contributed by atoms with Crippen molar-refractivity contribution in [3.63, 3.8) is 0 Å². The largest absolute Gasteiger partial charge is 0.481 e. The molecule has 0 bridgehead atoms. The number of Topliss-reactive ketones (excluding diaryl/α,β-unsaturated/α-hetero) is 1. The number of hydrogen-bond donors (Lipinski definition) is 1.